The molecule has 0 unspecified atom stereocenters. The molecule has 0 N–H and O–H groups in total. The number of hydrogen-bond donors (Lipinski definition) is 0. The fourth-order valence-corrected chi connectivity index (χ4v) is 2.28. The maximum Gasteiger partial charge on any atom is 0.284 e. The third-order valence-corrected chi connectivity index (χ3v) is 3.86. The molecule has 0 amide bonds. The van der Waals surface area contributed by atoms with E-state index in [1.807, 2.05) is 0 Å². The Labute approximate surface area is 156 Å². The van der Waals surface area contributed by atoms with Gasteiger partial charge in [-0.1, -0.05) is 0 Å². The molecule has 1 aliphatic rings. The van der Waals surface area contributed by atoms with Crippen LogP contribution < -0.4 is 0 Å². The Morgan fingerprint density at radius 3 is 1.96 bits per heavy atom. The number of rotatable bonds is 5. The third-order valence-electron chi connectivity index (χ3n) is 3.86. The van der Waals surface area contributed by atoms with Crippen LogP contribution in [0.25, 0.3) is 5.57 Å². The van der Waals surface area contributed by atoms with Gasteiger partial charge in [-0.3, -0.25) is 45.3 Å². The average Bonchev–Trinajstić information content (AvgIpc) is 2.83. The van der Waals surface area contributed by atoms with Crippen molar-refractivity contribution >= 4 is 22.7 Å². The van der Waals surface area contributed by atoms with Crippen molar-refractivity contribution in [3.63, 3.8) is 0 Å². The molecule has 0 aromatic heterocycles. The minimum Gasteiger partial charge on any atom is -0.289 e. The van der Waals surface area contributed by atoms with Crippen molar-refractivity contribution in [2.45, 2.75) is 20.8 Å². The van der Waals surface area contributed by atoms with Crippen LogP contribution in [0.4, 0.5) is 11.4 Å². The highest BCUT2D eigenvalue weighted by atomic mass is 16.6. The Morgan fingerprint density at radius 2 is 1.54 bits per heavy atom. The van der Waals surface area contributed by atoms with Crippen LogP contribution >= 0.6 is 0 Å². The number of nitro groups is 4. The van der Waals surface area contributed by atoms with Gasteiger partial charge < -0.3 is 0 Å². The topological polar surface area (TPSA) is 190 Å². The fraction of sp³-hybridized carbons (Fsp3) is 0.267. The van der Waals surface area contributed by atoms with Crippen molar-refractivity contribution in [2.75, 3.05) is 6.54 Å². The number of nitrogens with zero attached hydrogens (tertiary/aromatic N) is 4. The molecule has 0 fully saturated rings. The van der Waals surface area contributed by atoms with Crippen LogP contribution in [-0.4, -0.2) is 32.0 Å². The van der Waals surface area contributed by atoms with Gasteiger partial charge in [0.25, 0.3) is 11.4 Å². The Hall–Kier alpha value is -4.03. The minimum absolute atomic E-state index is 0.0332. The van der Waals surface area contributed by atoms with Gasteiger partial charge in [-0.25, -0.2) is 0 Å². The molecule has 1 aliphatic carbocycles. The number of carbonyl (C=O) groups excluding carboxylic acids is 1. The van der Waals surface area contributed by atoms with Gasteiger partial charge in [0, 0.05) is 29.0 Å². The highest BCUT2D eigenvalue weighted by molar-refractivity contribution is 6.21. The number of benzene rings is 1. The zero-order chi connectivity index (χ0) is 21.8. The van der Waals surface area contributed by atoms with Crippen molar-refractivity contribution in [1.82, 2.24) is 0 Å². The molecule has 28 heavy (non-hydrogen) atoms. The third kappa shape index (κ3) is 4.78. The molecule has 2 rings (SSSR count). The second kappa shape index (κ2) is 8.57. The summed E-state index contributed by atoms with van der Waals surface area (Å²) in [5.74, 6) is -0.394. The molecule has 0 aliphatic heterocycles. The second-order valence-corrected chi connectivity index (χ2v) is 5.60. The second-order valence-electron chi connectivity index (χ2n) is 5.60. The lowest BCUT2D eigenvalue weighted by atomic mass is 10.0. The van der Waals surface area contributed by atoms with Gasteiger partial charge in [0.2, 0.25) is 12.2 Å². The molecular formula is C15H14N4O9. The normalized spacial score (nSPS) is 12.8. The molecule has 13 heteroatoms. The van der Waals surface area contributed by atoms with E-state index in [4.69, 9.17) is 0 Å². The molecule has 148 valence electrons. The summed E-state index contributed by atoms with van der Waals surface area (Å²) < 4.78 is 0. The lowest BCUT2D eigenvalue weighted by Crippen LogP contribution is -2.01. The summed E-state index contributed by atoms with van der Waals surface area (Å²) in [5, 5.41) is 41.1. The van der Waals surface area contributed by atoms with Crippen LogP contribution in [-0.2, 0) is 0 Å². The van der Waals surface area contributed by atoms with E-state index in [0.29, 0.717) is 11.1 Å². The van der Waals surface area contributed by atoms with E-state index in [0.717, 1.165) is 18.2 Å². The molecule has 1 aromatic carbocycles. The molecular weight excluding hydrogens is 380 g/mol. The first-order valence-corrected chi connectivity index (χ1v) is 7.50. The van der Waals surface area contributed by atoms with E-state index >= 15 is 0 Å². The molecule has 0 atom stereocenters. The van der Waals surface area contributed by atoms with Crippen LogP contribution in [0.5, 0.6) is 0 Å². The molecule has 0 spiro atoms. The van der Waals surface area contributed by atoms with Gasteiger partial charge in [-0.15, -0.1) is 0 Å². The zero-order valence-corrected chi connectivity index (χ0v) is 14.9. The minimum atomic E-state index is -0.746. The molecule has 0 saturated carbocycles. The van der Waals surface area contributed by atoms with E-state index in [9.17, 15) is 45.3 Å². The van der Waals surface area contributed by atoms with Crippen molar-refractivity contribution in [2.24, 2.45) is 0 Å². The maximum atomic E-state index is 11.9. The fourth-order valence-electron chi connectivity index (χ4n) is 2.28. The number of ketones is 1. The summed E-state index contributed by atoms with van der Waals surface area (Å²) in [6.07, 6.45) is 0.958. The van der Waals surface area contributed by atoms with E-state index in [-0.39, 0.29) is 16.8 Å². The predicted molar refractivity (Wildman–Crippen MR) is 95.0 cm³/mol. The zero-order valence-electron chi connectivity index (χ0n) is 14.9. The number of hydrogen-bond acceptors (Lipinski definition) is 9. The van der Waals surface area contributed by atoms with Crippen LogP contribution in [0.3, 0.4) is 0 Å². The summed E-state index contributed by atoms with van der Waals surface area (Å²) in [6, 6.07) is 1.97. The van der Waals surface area contributed by atoms with E-state index in [2.05, 4.69) is 0 Å². The Bertz CT molecular complexity index is 963. The number of non-ortho nitro benzene ring substituents is 1. The summed E-state index contributed by atoms with van der Waals surface area (Å²) >= 11 is 0. The van der Waals surface area contributed by atoms with Gasteiger partial charge in [0.15, 0.2) is 5.78 Å². The summed E-state index contributed by atoms with van der Waals surface area (Å²) in [6.45, 7) is 3.86. The highest BCUT2D eigenvalue weighted by Crippen LogP contribution is 2.40. The van der Waals surface area contributed by atoms with Crippen molar-refractivity contribution in [3.8, 4) is 0 Å². The molecule has 0 radical (unpaired) electrons. The van der Waals surface area contributed by atoms with Crippen LogP contribution in [0.15, 0.2) is 29.5 Å². The highest BCUT2D eigenvalue weighted by Gasteiger charge is 2.34. The first kappa shape index (κ1) is 22.0. The number of Topliss-reactive ketones (excluding diaryl/α,β-unsaturated/α-hetero) is 1. The predicted octanol–water partition coefficient (Wildman–Crippen LogP) is 2.94. The average molecular weight is 394 g/mol. The molecule has 0 heterocycles. The number of allylic oxidation sites excluding steroid dienone is 3. The summed E-state index contributed by atoms with van der Waals surface area (Å²) in [7, 11) is 0. The standard InChI is InChI=1S/C11H8N2O5.C4H6N2O4/c1-5-6(2)11(14)8-3-7(12(15)16)4-9(10(5)8)13(17)18;1-4(6(9)10)2-3-5(7)8/h3-4H,1-2H3;2H,3H2,1H3/b;4-2+. The Balaban J connectivity index is 0.000000336. The van der Waals surface area contributed by atoms with Crippen molar-refractivity contribution < 1.29 is 24.5 Å². The van der Waals surface area contributed by atoms with Crippen LogP contribution in [0.2, 0.25) is 0 Å². The van der Waals surface area contributed by atoms with Gasteiger partial charge in [0.05, 0.1) is 32.5 Å². The molecule has 0 saturated heterocycles. The molecule has 0 bridgehead atoms. The summed E-state index contributed by atoms with van der Waals surface area (Å²) in [5.41, 5.74) is 0.0547. The first-order valence-electron chi connectivity index (χ1n) is 7.50. The lowest BCUT2D eigenvalue weighted by Gasteiger charge is -2.02. The molecule has 13 nitrogen and oxygen atoms in total. The lowest BCUT2D eigenvalue weighted by molar-refractivity contribution is -0.472. The van der Waals surface area contributed by atoms with Gasteiger partial charge in [0.1, 0.15) is 0 Å². The summed E-state index contributed by atoms with van der Waals surface area (Å²) in [4.78, 5) is 50.2. The molecule has 1 aromatic rings. The van der Waals surface area contributed by atoms with E-state index in [1.54, 1.807) is 13.8 Å². The first-order chi connectivity index (χ1) is 12.9. The largest absolute Gasteiger partial charge is 0.289 e. The Morgan fingerprint density at radius 1 is 0.964 bits per heavy atom. The smallest absolute Gasteiger partial charge is 0.284 e. The van der Waals surface area contributed by atoms with Gasteiger partial charge in [-0.05, 0) is 19.4 Å². The van der Waals surface area contributed by atoms with Crippen molar-refractivity contribution in [3.05, 3.63) is 81.1 Å². The van der Waals surface area contributed by atoms with Gasteiger partial charge >= 0.3 is 0 Å². The SMILES string of the molecule is C/C(=C\C[N+](=O)[O-])[N+](=O)[O-].CC1=C(C)c2c(cc([N+](=O)[O-])cc2[N+](=O)[O-])C1=O. The maximum absolute atomic E-state index is 11.9. The van der Waals surface area contributed by atoms with Crippen LogP contribution in [0, 0.1) is 40.5 Å². The number of fused-ring (bicyclic) bond motifs is 1. The number of nitro benzene ring substituents is 2. The monoisotopic (exact) mass is 394 g/mol. The quantitative estimate of drug-likeness (QED) is 0.533. The number of carbonyl (C=O) groups is 1. The van der Waals surface area contributed by atoms with E-state index < -0.39 is 43.4 Å². The van der Waals surface area contributed by atoms with Crippen molar-refractivity contribution in [1.29, 1.82) is 0 Å². The van der Waals surface area contributed by atoms with E-state index in [1.165, 1.54) is 6.92 Å². The van der Waals surface area contributed by atoms with Crippen LogP contribution in [0.1, 0.15) is 36.7 Å². The van der Waals surface area contributed by atoms with Gasteiger partial charge in [-0.2, -0.15) is 0 Å². The Kier molecular flexibility index (Phi) is 6.74.